The molecule has 0 saturated carbocycles. The summed E-state index contributed by atoms with van der Waals surface area (Å²) >= 11 is 9.36. The van der Waals surface area contributed by atoms with Crippen LogP contribution in [0.3, 0.4) is 0 Å². The molecule has 1 N–H and O–H groups in total. The predicted octanol–water partition coefficient (Wildman–Crippen LogP) is 3.89. The Bertz CT molecular complexity index is 766. The Morgan fingerprint density at radius 2 is 2.24 bits per heavy atom. The molecule has 0 saturated heterocycles. The van der Waals surface area contributed by atoms with Gasteiger partial charge in [0.25, 0.3) is 0 Å². The number of carbonyl (C=O) groups is 1. The first kappa shape index (κ1) is 14.6. The number of carboxylic acid groups (broad SMARTS) is 1. The van der Waals surface area contributed by atoms with E-state index in [9.17, 15) is 4.79 Å². The van der Waals surface area contributed by atoms with Crippen LogP contribution in [-0.4, -0.2) is 29.6 Å². The average molecular weight is 371 g/mol. The summed E-state index contributed by atoms with van der Waals surface area (Å²) in [6.07, 6.45) is 2.36. The molecule has 1 aliphatic heterocycles. The molecular formula is C15H13BrClNO3. The first-order valence-corrected chi connectivity index (χ1v) is 7.66. The van der Waals surface area contributed by atoms with Gasteiger partial charge >= 0.3 is 5.97 Å². The molecule has 1 aromatic heterocycles. The van der Waals surface area contributed by atoms with E-state index in [4.69, 9.17) is 21.1 Å². The lowest BCUT2D eigenvalue weighted by molar-refractivity contribution is -0.131. The van der Waals surface area contributed by atoms with Gasteiger partial charge in [-0.05, 0) is 47.1 Å². The molecule has 0 amide bonds. The van der Waals surface area contributed by atoms with Crippen molar-refractivity contribution in [3.8, 4) is 0 Å². The van der Waals surface area contributed by atoms with E-state index in [2.05, 4.69) is 20.8 Å². The Labute approximate surface area is 135 Å². The Kier molecular flexibility index (Phi) is 3.82. The number of furan rings is 1. The summed E-state index contributed by atoms with van der Waals surface area (Å²) in [5, 5.41) is 10.8. The van der Waals surface area contributed by atoms with Crippen molar-refractivity contribution < 1.29 is 14.3 Å². The zero-order chi connectivity index (χ0) is 15.1. The van der Waals surface area contributed by atoms with Gasteiger partial charge in [-0.2, -0.15) is 0 Å². The molecule has 0 fully saturated rings. The van der Waals surface area contributed by atoms with E-state index in [-0.39, 0.29) is 4.48 Å². The van der Waals surface area contributed by atoms with E-state index in [0.717, 1.165) is 40.1 Å². The lowest BCUT2D eigenvalue weighted by atomic mass is 10.0. The Balaban J connectivity index is 2.28. The molecule has 0 radical (unpaired) electrons. The minimum absolute atomic E-state index is 0.0670. The lowest BCUT2D eigenvalue weighted by Gasteiger charge is -2.13. The van der Waals surface area contributed by atoms with Crippen molar-refractivity contribution in [2.45, 2.75) is 13.0 Å². The fraction of sp³-hybridized carbons (Fsp3) is 0.267. The predicted molar refractivity (Wildman–Crippen MR) is 85.8 cm³/mol. The summed E-state index contributed by atoms with van der Waals surface area (Å²) in [5.41, 5.74) is 2.81. The molecule has 4 nitrogen and oxygen atoms in total. The van der Waals surface area contributed by atoms with Gasteiger partial charge in [-0.3, -0.25) is 0 Å². The second kappa shape index (κ2) is 5.48. The third kappa shape index (κ3) is 2.61. The number of likely N-dealkylation sites (N-methyl/N-ethyl adjacent to an activating group) is 1. The maximum absolute atomic E-state index is 11.0. The number of carboxylic acids is 1. The van der Waals surface area contributed by atoms with Crippen LogP contribution in [-0.2, 0) is 17.8 Å². The molecule has 0 spiro atoms. The number of aliphatic carboxylic acids is 1. The largest absolute Gasteiger partial charge is 0.477 e. The number of nitrogens with zero attached hydrogens (tertiary/aromatic N) is 1. The highest BCUT2D eigenvalue weighted by Gasteiger charge is 2.23. The van der Waals surface area contributed by atoms with Crippen molar-refractivity contribution >= 4 is 50.5 Å². The second-order valence-corrected chi connectivity index (χ2v) is 6.39. The molecule has 21 heavy (non-hydrogen) atoms. The smallest absolute Gasteiger partial charge is 0.342 e. The fourth-order valence-electron chi connectivity index (χ4n) is 2.67. The molecule has 0 bridgehead atoms. The molecule has 110 valence electrons. The van der Waals surface area contributed by atoms with Crippen molar-refractivity contribution in [2.75, 3.05) is 13.6 Å². The minimum Gasteiger partial charge on any atom is -0.477 e. The molecule has 6 heteroatoms. The van der Waals surface area contributed by atoms with E-state index in [1.54, 1.807) is 0 Å². The zero-order valence-electron chi connectivity index (χ0n) is 11.3. The number of hydrogen-bond acceptors (Lipinski definition) is 3. The van der Waals surface area contributed by atoms with Gasteiger partial charge in [0.05, 0.1) is 0 Å². The number of benzene rings is 1. The molecule has 0 atom stereocenters. The maximum atomic E-state index is 11.0. The maximum Gasteiger partial charge on any atom is 0.342 e. The highest BCUT2D eigenvalue weighted by Crippen LogP contribution is 2.37. The van der Waals surface area contributed by atoms with E-state index in [0.29, 0.717) is 12.3 Å². The summed E-state index contributed by atoms with van der Waals surface area (Å²) < 4.78 is 5.90. The average Bonchev–Trinajstić information content (AvgIpc) is 2.64. The van der Waals surface area contributed by atoms with Crippen molar-refractivity contribution in [2.24, 2.45) is 0 Å². The summed E-state index contributed by atoms with van der Waals surface area (Å²) in [7, 11) is 2.03. The van der Waals surface area contributed by atoms with Crippen LogP contribution in [0.2, 0.25) is 5.02 Å². The summed E-state index contributed by atoms with van der Waals surface area (Å²) in [5.74, 6) is -0.459. The van der Waals surface area contributed by atoms with Crippen LogP contribution in [0.5, 0.6) is 0 Å². The van der Waals surface area contributed by atoms with Crippen LogP contribution in [0.1, 0.15) is 16.9 Å². The monoisotopic (exact) mass is 369 g/mol. The van der Waals surface area contributed by atoms with E-state index >= 15 is 0 Å². The quantitative estimate of drug-likeness (QED) is 0.815. The third-order valence-electron chi connectivity index (χ3n) is 3.67. The molecule has 2 heterocycles. The molecule has 0 unspecified atom stereocenters. The molecule has 1 aliphatic rings. The number of halogens is 2. The normalized spacial score (nSPS) is 16.2. The first-order valence-electron chi connectivity index (χ1n) is 6.49. The van der Waals surface area contributed by atoms with Crippen LogP contribution in [0.25, 0.3) is 17.0 Å². The third-order valence-corrected chi connectivity index (χ3v) is 4.59. The van der Waals surface area contributed by atoms with E-state index in [1.807, 2.05) is 19.2 Å². The van der Waals surface area contributed by atoms with Crippen LogP contribution in [0.15, 0.2) is 21.0 Å². The molecule has 1 aromatic carbocycles. The summed E-state index contributed by atoms with van der Waals surface area (Å²) in [6.45, 7) is 1.60. The summed E-state index contributed by atoms with van der Waals surface area (Å²) in [4.78, 5) is 13.2. The number of rotatable bonds is 2. The van der Waals surface area contributed by atoms with Gasteiger partial charge in [0.15, 0.2) is 0 Å². The SMILES string of the molecule is CN1CCc2c(Cl)ccc3oc(/C=C(\Br)C(=O)O)c(c23)C1. The molecule has 3 rings (SSSR count). The summed E-state index contributed by atoms with van der Waals surface area (Å²) in [6, 6.07) is 3.67. The van der Waals surface area contributed by atoms with Crippen LogP contribution >= 0.6 is 27.5 Å². The highest BCUT2D eigenvalue weighted by atomic mass is 79.9. The topological polar surface area (TPSA) is 53.7 Å². The Hall–Kier alpha value is -1.30. The van der Waals surface area contributed by atoms with E-state index in [1.165, 1.54) is 6.08 Å². The van der Waals surface area contributed by atoms with Crippen molar-refractivity contribution in [1.29, 1.82) is 0 Å². The van der Waals surface area contributed by atoms with Crippen molar-refractivity contribution in [3.05, 3.63) is 38.5 Å². The van der Waals surface area contributed by atoms with Crippen LogP contribution in [0.4, 0.5) is 0 Å². The van der Waals surface area contributed by atoms with Crippen LogP contribution in [0, 0.1) is 0 Å². The van der Waals surface area contributed by atoms with Gasteiger partial charge in [-0.25, -0.2) is 4.79 Å². The van der Waals surface area contributed by atoms with Gasteiger partial charge in [-0.15, -0.1) is 0 Å². The standard InChI is InChI=1S/C15H13BrClNO3/c1-18-5-4-8-11(17)2-3-12-14(8)9(7-18)13(21-12)6-10(16)15(19)20/h2-3,6H,4-5,7H2,1H3,(H,19,20)/b10-6-. The Morgan fingerprint density at radius 1 is 1.48 bits per heavy atom. The molecule has 0 aliphatic carbocycles. The second-order valence-electron chi connectivity index (χ2n) is 5.13. The van der Waals surface area contributed by atoms with Crippen LogP contribution < -0.4 is 0 Å². The van der Waals surface area contributed by atoms with Gasteiger partial charge in [0.2, 0.25) is 0 Å². The van der Waals surface area contributed by atoms with Crippen molar-refractivity contribution in [1.82, 2.24) is 4.90 Å². The zero-order valence-corrected chi connectivity index (χ0v) is 13.7. The first-order chi connectivity index (χ1) is 9.97. The number of hydrogen-bond donors (Lipinski definition) is 1. The van der Waals surface area contributed by atoms with Gasteiger partial charge in [0.1, 0.15) is 15.8 Å². The van der Waals surface area contributed by atoms with Gasteiger partial charge < -0.3 is 14.4 Å². The molecular weight excluding hydrogens is 358 g/mol. The molecule has 2 aromatic rings. The van der Waals surface area contributed by atoms with E-state index < -0.39 is 5.97 Å². The van der Waals surface area contributed by atoms with Crippen molar-refractivity contribution in [3.63, 3.8) is 0 Å². The van der Waals surface area contributed by atoms with Gasteiger partial charge in [0, 0.05) is 35.1 Å². The highest BCUT2D eigenvalue weighted by molar-refractivity contribution is 9.12. The Morgan fingerprint density at radius 3 is 2.95 bits per heavy atom. The van der Waals surface area contributed by atoms with Gasteiger partial charge in [-0.1, -0.05) is 11.6 Å². The fourth-order valence-corrected chi connectivity index (χ4v) is 3.13. The lowest BCUT2D eigenvalue weighted by Crippen LogP contribution is -2.18. The minimum atomic E-state index is -1.03.